The van der Waals surface area contributed by atoms with E-state index in [1.165, 1.54) is 25.4 Å². The number of sulfonamides is 1. The number of aromatic nitrogens is 3. The fraction of sp³-hybridized carbons (Fsp3) is 0.208. The second-order valence-electron chi connectivity index (χ2n) is 7.86. The summed E-state index contributed by atoms with van der Waals surface area (Å²) in [6.45, 7) is 0.742. The van der Waals surface area contributed by atoms with Gasteiger partial charge in [0.1, 0.15) is 13.7 Å². The van der Waals surface area contributed by atoms with E-state index in [4.69, 9.17) is 19.4 Å². The number of benzene rings is 2. The van der Waals surface area contributed by atoms with Gasteiger partial charge in [-0.25, -0.2) is 22.9 Å². The average Bonchev–Trinajstić information content (AvgIpc) is 3.26. The minimum absolute atomic E-state index is 0.0105. The van der Waals surface area contributed by atoms with Crippen molar-refractivity contribution in [1.82, 2.24) is 19.3 Å². The summed E-state index contributed by atoms with van der Waals surface area (Å²) in [5.41, 5.74) is 2.36. The SMILES string of the molecule is [B]c1cnn2c(NCCCCNS(=O)(=O)c3ccccc3C(=O)OC)cc(-c3ccccc3Cl)nc12. The standard InChI is InChI=1S/C24H23BClN5O4S/c1-35-24(32)17-9-3-5-11-21(17)36(33,34)29-13-7-6-12-27-22-14-20(16-8-2-4-10-19(16)26)30-23-18(25)15-28-31(22)23/h2-5,8-11,14-15,27,29H,6-7,12-13H2,1H3. The van der Waals surface area contributed by atoms with Crippen molar-refractivity contribution in [2.24, 2.45) is 0 Å². The molecule has 9 nitrogen and oxygen atoms in total. The van der Waals surface area contributed by atoms with Gasteiger partial charge in [0.15, 0.2) is 5.65 Å². The minimum Gasteiger partial charge on any atom is -0.465 e. The number of hydrogen-bond acceptors (Lipinski definition) is 7. The topological polar surface area (TPSA) is 115 Å². The molecule has 4 rings (SSSR count). The molecule has 0 bridgehead atoms. The van der Waals surface area contributed by atoms with Crippen LogP contribution in [0.15, 0.2) is 65.7 Å². The van der Waals surface area contributed by atoms with Crippen molar-refractivity contribution >= 4 is 52.4 Å². The molecular formula is C24H23BClN5O4S. The lowest BCUT2D eigenvalue weighted by Crippen LogP contribution is -2.27. The highest BCUT2D eigenvalue weighted by molar-refractivity contribution is 7.89. The Morgan fingerprint density at radius 3 is 2.61 bits per heavy atom. The van der Waals surface area contributed by atoms with Crippen molar-refractivity contribution < 1.29 is 17.9 Å². The predicted octanol–water partition coefficient (Wildman–Crippen LogP) is 2.80. The van der Waals surface area contributed by atoms with Gasteiger partial charge in [-0.2, -0.15) is 9.61 Å². The number of halogens is 1. The molecule has 0 amide bonds. The second-order valence-corrected chi connectivity index (χ2v) is 10.0. The summed E-state index contributed by atoms with van der Waals surface area (Å²) in [7, 11) is 3.38. The summed E-state index contributed by atoms with van der Waals surface area (Å²) in [6.07, 6.45) is 2.74. The van der Waals surface area contributed by atoms with Crippen LogP contribution in [0.3, 0.4) is 0 Å². The number of carbonyl (C=O) groups is 1. The van der Waals surface area contributed by atoms with Gasteiger partial charge in [-0.3, -0.25) is 0 Å². The summed E-state index contributed by atoms with van der Waals surface area (Å²) in [6, 6.07) is 15.2. The Hall–Kier alpha value is -3.41. The van der Waals surface area contributed by atoms with Crippen molar-refractivity contribution in [3.05, 3.63) is 71.4 Å². The Labute approximate surface area is 215 Å². The van der Waals surface area contributed by atoms with Crippen molar-refractivity contribution in [3.8, 4) is 11.3 Å². The molecule has 2 N–H and O–H groups in total. The van der Waals surface area contributed by atoms with E-state index in [9.17, 15) is 13.2 Å². The molecule has 0 spiro atoms. The largest absolute Gasteiger partial charge is 0.465 e. The Bertz CT molecular complexity index is 1510. The molecule has 12 heteroatoms. The second kappa shape index (κ2) is 11.1. The maximum Gasteiger partial charge on any atom is 0.339 e. The van der Waals surface area contributed by atoms with Crippen molar-refractivity contribution in [1.29, 1.82) is 0 Å². The predicted molar refractivity (Wildman–Crippen MR) is 140 cm³/mol. The van der Waals surface area contributed by atoms with E-state index < -0.39 is 16.0 Å². The van der Waals surface area contributed by atoms with E-state index in [-0.39, 0.29) is 17.0 Å². The third kappa shape index (κ3) is 5.53. The van der Waals surface area contributed by atoms with E-state index in [0.717, 1.165) is 5.56 Å². The molecule has 0 unspecified atom stereocenters. The van der Waals surface area contributed by atoms with Crippen LogP contribution < -0.4 is 15.5 Å². The molecular weight excluding hydrogens is 501 g/mol. The first-order valence-corrected chi connectivity index (χ1v) is 13.0. The smallest absolute Gasteiger partial charge is 0.339 e. The highest BCUT2D eigenvalue weighted by Crippen LogP contribution is 2.28. The van der Waals surface area contributed by atoms with Crippen LogP contribution in [0.2, 0.25) is 5.02 Å². The molecule has 0 aliphatic heterocycles. The summed E-state index contributed by atoms with van der Waals surface area (Å²) < 4.78 is 34.2. The summed E-state index contributed by atoms with van der Waals surface area (Å²) in [5.74, 6) is -0.0292. The Balaban J connectivity index is 1.39. The highest BCUT2D eigenvalue weighted by atomic mass is 35.5. The van der Waals surface area contributed by atoms with Crippen LogP contribution in [0.25, 0.3) is 16.9 Å². The van der Waals surface area contributed by atoms with Gasteiger partial charge >= 0.3 is 5.97 Å². The zero-order valence-electron chi connectivity index (χ0n) is 19.4. The quantitative estimate of drug-likeness (QED) is 0.187. The highest BCUT2D eigenvalue weighted by Gasteiger charge is 2.22. The number of unbranched alkanes of at least 4 members (excludes halogenated alkanes) is 1. The van der Waals surface area contributed by atoms with E-state index in [1.54, 1.807) is 22.7 Å². The summed E-state index contributed by atoms with van der Waals surface area (Å²) in [4.78, 5) is 16.4. The number of fused-ring (bicyclic) bond motifs is 1. The third-order valence-corrected chi connectivity index (χ3v) is 7.28. The van der Waals surface area contributed by atoms with Crippen molar-refractivity contribution in [3.63, 3.8) is 0 Å². The molecule has 0 fully saturated rings. The van der Waals surface area contributed by atoms with Crippen LogP contribution in [-0.4, -0.2) is 57.0 Å². The molecule has 36 heavy (non-hydrogen) atoms. The zero-order valence-corrected chi connectivity index (χ0v) is 21.0. The maximum atomic E-state index is 12.7. The molecule has 2 aromatic heterocycles. The van der Waals surface area contributed by atoms with Crippen LogP contribution in [0, 0.1) is 0 Å². The number of rotatable bonds is 10. The molecule has 0 atom stereocenters. The first-order valence-electron chi connectivity index (χ1n) is 11.1. The molecule has 4 aromatic rings. The first kappa shape index (κ1) is 25.7. The van der Waals surface area contributed by atoms with Gasteiger partial charge < -0.3 is 10.1 Å². The Kier molecular flexibility index (Phi) is 7.93. The molecule has 0 aliphatic carbocycles. The van der Waals surface area contributed by atoms with Crippen LogP contribution >= 0.6 is 11.6 Å². The normalized spacial score (nSPS) is 11.5. The molecule has 0 saturated carbocycles. The number of nitrogens with zero attached hydrogens (tertiary/aromatic N) is 3. The molecule has 2 radical (unpaired) electrons. The molecule has 2 aromatic carbocycles. The van der Waals surface area contributed by atoms with E-state index >= 15 is 0 Å². The number of anilines is 1. The van der Waals surface area contributed by atoms with Gasteiger partial charge in [0.2, 0.25) is 10.0 Å². The van der Waals surface area contributed by atoms with E-state index in [2.05, 4.69) is 24.9 Å². The van der Waals surface area contributed by atoms with Gasteiger partial charge in [-0.1, -0.05) is 41.9 Å². The molecule has 0 aliphatic rings. The Morgan fingerprint density at radius 1 is 1.11 bits per heavy atom. The van der Waals surface area contributed by atoms with Gasteiger partial charge in [0, 0.05) is 35.9 Å². The summed E-state index contributed by atoms with van der Waals surface area (Å²) in [5, 5.41) is 8.17. The number of esters is 1. The summed E-state index contributed by atoms with van der Waals surface area (Å²) >= 11 is 6.36. The molecule has 2 heterocycles. The van der Waals surface area contributed by atoms with Crippen molar-refractivity contribution in [2.45, 2.75) is 17.7 Å². The lowest BCUT2D eigenvalue weighted by atomic mass is 10.0. The number of nitrogens with one attached hydrogen (secondary N) is 2. The fourth-order valence-corrected chi connectivity index (χ4v) is 5.14. The first-order chi connectivity index (χ1) is 17.3. The number of carbonyl (C=O) groups excluding carboxylic acids is 1. The van der Waals surface area contributed by atoms with Crippen LogP contribution in [0.5, 0.6) is 0 Å². The zero-order chi connectivity index (χ0) is 25.7. The molecule has 184 valence electrons. The monoisotopic (exact) mass is 523 g/mol. The van der Waals surface area contributed by atoms with Crippen LogP contribution in [-0.2, 0) is 14.8 Å². The maximum absolute atomic E-state index is 12.7. The lowest BCUT2D eigenvalue weighted by Gasteiger charge is -2.12. The van der Waals surface area contributed by atoms with E-state index in [0.29, 0.717) is 47.0 Å². The van der Waals surface area contributed by atoms with Gasteiger partial charge in [0.25, 0.3) is 0 Å². The van der Waals surface area contributed by atoms with Crippen LogP contribution in [0.4, 0.5) is 5.82 Å². The average molecular weight is 524 g/mol. The lowest BCUT2D eigenvalue weighted by molar-refractivity contribution is 0.0596. The van der Waals surface area contributed by atoms with Gasteiger partial charge in [-0.05, 0) is 36.5 Å². The number of methoxy groups -OCH3 is 1. The number of ether oxygens (including phenoxy) is 1. The van der Waals surface area contributed by atoms with Gasteiger partial charge in [-0.15, -0.1) is 0 Å². The molecule has 0 saturated heterocycles. The Morgan fingerprint density at radius 2 is 1.83 bits per heavy atom. The van der Waals surface area contributed by atoms with E-state index in [1.807, 2.05) is 24.3 Å². The number of hydrogen-bond donors (Lipinski definition) is 2. The van der Waals surface area contributed by atoms with Crippen LogP contribution in [0.1, 0.15) is 23.2 Å². The van der Waals surface area contributed by atoms with Gasteiger partial charge in [0.05, 0.1) is 23.3 Å². The third-order valence-electron chi connectivity index (χ3n) is 5.43. The van der Waals surface area contributed by atoms with Crippen molar-refractivity contribution in [2.75, 3.05) is 25.5 Å². The minimum atomic E-state index is -3.87. The fourth-order valence-electron chi connectivity index (χ4n) is 3.64.